The smallest absolute Gasteiger partial charge is 0.0122 e. The molecular weight excluding hydrogens is 320 g/mol. The maximum Gasteiger partial charge on any atom is 0.0122 e. The topological polar surface area (TPSA) is 0 Å². The van der Waals surface area contributed by atoms with E-state index in [9.17, 15) is 0 Å². The van der Waals surface area contributed by atoms with Gasteiger partial charge in [-0.1, -0.05) is 84.6 Å². The Kier molecular flexibility index (Phi) is 5.03. The first-order valence-corrected chi connectivity index (χ1v) is 9.72. The zero-order valence-corrected chi connectivity index (χ0v) is 15.0. The Morgan fingerprint density at radius 1 is 0.520 bits per heavy atom. The normalized spacial score (nSPS) is 16.3. The second-order valence-electron chi connectivity index (χ2n) is 6.67. The average molecular weight is 343 g/mol. The number of allylic oxidation sites excluding steroid dienone is 8. The molecule has 124 valence electrons. The molecule has 0 saturated carbocycles. The van der Waals surface area contributed by atoms with E-state index in [1.807, 2.05) is 11.8 Å². The molecule has 0 aliphatic heterocycles. The summed E-state index contributed by atoms with van der Waals surface area (Å²) < 4.78 is 0. The van der Waals surface area contributed by atoms with Crippen molar-refractivity contribution in [1.29, 1.82) is 0 Å². The fourth-order valence-corrected chi connectivity index (χ4v) is 4.11. The predicted octanol–water partition coefficient (Wildman–Crippen LogP) is 6.41. The molecule has 0 radical (unpaired) electrons. The van der Waals surface area contributed by atoms with Gasteiger partial charge in [-0.3, -0.25) is 0 Å². The van der Waals surface area contributed by atoms with Crippen LogP contribution in [0.1, 0.15) is 11.1 Å². The van der Waals surface area contributed by atoms with E-state index >= 15 is 0 Å². The highest BCUT2D eigenvalue weighted by Crippen LogP contribution is 2.29. The van der Waals surface area contributed by atoms with Crippen LogP contribution in [0.5, 0.6) is 0 Å². The average Bonchev–Trinajstić information content (AvgIpc) is 3.33. The van der Waals surface area contributed by atoms with Gasteiger partial charge in [0.05, 0.1) is 0 Å². The number of hydrogen-bond acceptors (Lipinski definition) is 1. The van der Waals surface area contributed by atoms with Crippen LogP contribution in [0.3, 0.4) is 0 Å². The molecule has 0 nitrogen and oxygen atoms in total. The molecule has 0 saturated heterocycles. The van der Waals surface area contributed by atoms with Crippen LogP contribution < -0.4 is 0 Å². The summed E-state index contributed by atoms with van der Waals surface area (Å²) in [5.74, 6) is 1.13. The minimum Gasteiger partial charge on any atom is -0.0901 e. The summed E-state index contributed by atoms with van der Waals surface area (Å²) in [5, 5.41) is 0. The molecule has 4 rings (SSSR count). The Labute approximate surface area is 154 Å². The molecule has 0 atom stereocenters. The van der Waals surface area contributed by atoms with Gasteiger partial charge in [0.15, 0.2) is 0 Å². The van der Waals surface area contributed by atoms with Gasteiger partial charge in [-0.25, -0.2) is 0 Å². The van der Waals surface area contributed by atoms with Crippen molar-refractivity contribution in [2.24, 2.45) is 11.8 Å². The van der Waals surface area contributed by atoms with Crippen LogP contribution in [0.25, 0.3) is 0 Å². The summed E-state index contributed by atoms with van der Waals surface area (Å²) in [6.07, 6.45) is 19.8. The van der Waals surface area contributed by atoms with E-state index in [2.05, 4.69) is 97.1 Å². The van der Waals surface area contributed by atoms with Gasteiger partial charge in [0.1, 0.15) is 0 Å². The van der Waals surface area contributed by atoms with Gasteiger partial charge >= 0.3 is 0 Å². The first-order valence-electron chi connectivity index (χ1n) is 8.91. The molecule has 0 fully saturated rings. The van der Waals surface area contributed by atoms with Gasteiger partial charge < -0.3 is 0 Å². The van der Waals surface area contributed by atoms with Crippen LogP contribution in [0, 0.1) is 11.8 Å². The SMILES string of the molecule is C1=CC(Cc2ccc(Sc3ccc(CC4C=CC=C4)cc3)cc2)C=C1. The molecule has 2 aromatic rings. The fourth-order valence-electron chi connectivity index (χ4n) is 3.30. The van der Waals surface area contributed by atoms with Crippen molar-refractivity contribution >= 4 is 11.8 Å². The maximum atomic E-state index is 2.27. The van der Waals surface area contributed by atoms with Crippen LogP contribution in [0.15, 0.2) is 107 Å². The highest BCUT2D eigenvalue weighted by Gasteiger charge is 2.07. The highest BCUT2D eigenvalue weighted by molar-refractivity contribution is 7.99. The first-order chi connectivity index (χ1) is 12.3. The highest BCUT2D eigenvalue weighted by atomic mass is 32.2. The molecule has 0 amide bonds. The molecule has 25 heavy (non-hydrogen) atoms. The van der Waals surface area contributed by atoms with Crippen LogP contribution in [0.2, 0.25) is 0 Å². The molecule has 2 aromatic carbocycles. The predicted molar refractivity (Wildman–Crippen MR) is 108 cm³/mol. The molecule has 0 N–H and O–H groups in total. The summed E-state index contributed by atoms with van der Waals surface area (Å²) >= 11 is 1.83. The van der Waals surface area contributed by atoms with E-state index in [1.54, 1.807) is 0 Å². The van der Waals surface area contributed by atoms with Gasteiger partial charge in [0.25, 0.3) is 0 Å². The molecule has 0 heterocycles. The maximum absolute atomic E-state index is 2.27. The third-order valence-corrected chi connectivity index (χ3v) is 5.70. The van der Waals surface area contributed by atoms with Crippen molar-refractivity contribution in [3.63, 3.8) is 0 Å². The first kappa shape index (κ1) is 16.2. The Morgan fingerprint density at radius 3 is 1.24 bits per heavy atom. The largest absolute Gasteiger partial charge is 0.0901 e. The van der Waals surface area contributed by atoms with Crippen molar-refractivity contribution in [2.75, 3.05) is 0 Å². The fraction of sp³-hybridized carbons (Fsp3) is 0.167. The Morgan fingerprint density at radius 2 is 0.880 bits per heavy atom. The molecule has 2 aliphatic rings. The number of hydrogen-bond donors (Lipinski definition) is 0. The number of rotatable bonds is 6. The van der Waals surface area contributed by atoms with Gasteiger partial charge in [-0.05, 0) is 60.1 Å². The van der Waals surface area contributed by atoms with E-state index in [1.165, 1.54) is 20.9 Å². The van der Waals surface area contributed by atoms with E-state index in [0.29, 0.717) is 11.8 Å². The summed E-state index contributed by atoms with van der Waals surface area (Å²) in [5.41, 5.74) is 2.80. The molecule has 0 bridgehead atoms. The zero-order valence-electron chi connectivity index (χ0n) is 14.2. The summed E-state index contributed by atoms with van der Waals surface area (Å²) in [7, 11) is 0. The summed E-state index contributed by atoms with van der Waals surface area (Å²) in [4.78, 5) is 2.60. The van der Waals surface area contributed by atoms with Crippen molar-refractivity contribution in [3.8, 4) is 0 Å². The standard InChI is InChI=1S/C24H22S/c1-2-6-19(5-1)17-21-9-13-23(14-10-21)25-24-15-11-22(12-16-24)18-20-7-3-4-8-20/h1-16,19-20H,17-18H2. The Hall–Kier alpha value is -2.25. The van der Waals surface area contributed by atoms with Crippen LogP contribution in [-0.4, -0.2) is 0 Å². The summed E-state index contributed by atoms with van der Waals surface area (Å²) in [6, 6.07) is 18.0. The van der Waals surface area contributed by atoms with Crippen molar-refractivity contribution in [1.82, 2.24) is 0 Å². The minimum atomic E-state index is 0.565. The quantitative estimate of drug-likeness (QED) is 0.585. The molecular formula is C24H22S. The second kappa shape index (κ2) is 7.76. The van der Waals surface area contributed by atoms with E-state index in [0.717, 1.165) is 12.8 Å². The van der Waals surface area contributed by atoms with E-state index in [-0.39, 0.29) is 0 Å². The van der Waals surface area contributed by atoms with E-state index < -0.39 is 0 Å². The Bertz CT molecular complexity index is 724. The zero-order chi connectivity index (χ0) is 16.9. The molecule has 1 heteroatoms. The van der Waals surface area contributed by atoms with Gasteiger partial charge in [-0.2, -0.15) is 0 Å². The Balaban J connectivity index is 1.34. The van der Waals surface area contributed by atoms with Crippen LogP contribution in [-0.2, 0) is 12.8 Å². The van der Waals surface area contributed by atoms with Crippen LogP contribution in [0.4, 0.5) is 0 Å². The van der Waals surface area contributed by atoms with Crippen molar-refractivity contribution < 1.29 is 0 Å². The molecule has 0 spiro atoms. The van der Waals surface area contributed by atoms with Crippen molar-refractivity contribution in [2.45, 2.75) is 22.6 Å². The third kappa shape index (κ3) is 4.43. The molecule has 2 aliphatic carbocycles. The van der Waals surface area contributed by atoms with Crippen molar-refractivity contribution in [3.05, 3.63) is 108 Å². The second-order valence-corrected chi connectivity index (χ2v) is 7.81. The minimum absolute atomic E-state index is 0.565. The lowest BCUT2D eigenvalue weighted by Crippen LogP contribution is -1.95. The van der Waals surface area contributed by atoms with Gasteiger partial charge in [0.2, 0.25) is 0 Å². The summed E-state index contributed by atoms with van der Waals surface area (Å²) in [6.45, 7) is 0. The molecule has 0 unspecified atom stereocenters. The lowest BCUT2D eigenvalue weighted by molar-refractivity contribution is 0.815. The van der Waals surface area contributed by atoms with Gasteiger partial charge in [-0.15, -0.1) is 0 Å². The van der Waals surface area contributed by atoms with Crippen LogP contribution >= 0.6 is 11.8 Å². The lowest BCUT2D eigenvalue weighted by Gasteiger charge is -2.08. The molecule has 0 aromatic heterocycles. The van der Waals surface area contributed by atoms with Gasteiger partial charge in [0, 0.05) is 9.79 Å². The third-order valence-electron chi connectivity index (χ3n) is 4.68. The lowest BCUT2D eigenvalue weighted by atomic mass is 10.0. The van der Waals surface area contributed by atoms with E-state index in [4.69, 9.17) is 0 Å². The monoisotopic (exact) mass is 342 g/mol. The number of benzene rings is 2.